The molecule has 130 valence electrons. The molecular formula is C21H24N2O2. The van der Waals surface area contributed by atoms with Crippen LogP contribution >= 0.6 is 0 Å². The fourth-order valence-corrected chi connectivity index (χ4v) is 3.80. The van der Waals surface area contributed by atoms with E-state index in [9.17, 15) is 4.79 Å². The maximum absolute atomic E-state index is 13.1. The zero-order chi connectivity index (χ0) is 17.3. The maximum Gasteiger partial charge on any atom is 0.254 e. The zero-order valence-electron chi connectivity index (χ0n) is 14.6. The summed E-state index contributed by atoms with van der Waals surface area (Å²) in [6, 6.07) is 17.7. The fraction of sp³-hybridized carbons (Fsp3) is 0.381. The van der Waals surface area contributed by atoms with Gasteiger partial charge in [-0.15, -0.1) is 0 Å². The molecule has 1 saturated heterocycles. The lowest BCUT2D eigenvalue weighted by atomic mass is 9.90. The number of amides is 1. The van der Waals surface area contributed by atoms with Gasteiger partial charge in [0.1, 0.15) is 11.4 Å². The highest BCUT2D eigenvalue weighted by Gasteiger charge is 2.41. The van der Waals surface area contributed by atoms with Gasteiger partial charge < -0.3 is 14.5 Å². The SMILES string of the molecule is CN1CCC2(CC1)CN(C(=O)c1ccccc1)Cc1ccccc1O2. The molecule has 0 aromatic heterocycles. The van der Waals surface area contributed by atoms with E-state index in [1.165, 1.54) is 0 Å². The van der Waals surface area contributed by atoms with E-state index in [2.05, 4.69) is 18.0 Å². The highest BCUT2D eigenvalue weighted by Crippen LogP contribution is 2.35. The number of piperidine rings is 1. The van der Waals surface area contributed by atoms with Crippen LogP contribution in [0.3, 0.4) is 0 Å². The average molecular weight is 336 g/mol. The van der Waals surface area contributed by atoms with Crippen LogP contribution in [0, 0.1) is 0 Å². The van der Waals surface area contributed by atoms with Crippen molar-refractivity contribution in [3.05, 3.63) is 65.7 Å². The van der Waals surface area contributed by atoms with E-state index < -0.39 is 0 Å². The molecule has 2 heterocycles. The van der Waals surface area contributed by atoms with Crippen LogP contribution in [0.5, 0.6) is 5.75 Å². The predicted molar refractivity (Wildman–Crippen MR) is 97.7 cm³/mol. The monoisotopic (exact) mass is 336 g/mol. The van der Waals surface area contributed by atoms with Gasteiger partial charge in [-0.1, -0.05) is 36.4 Å². The van der Waals surface area contributed by atoms with Gasteiger partial charge in [-0.3, -0.25) is 4.79 Å². The Labute approximate surface area is 149 Å². The molecule has 0 atom stereocenters. The number of likely N-dealkylation sites (tertiary alicyclic amines) is 1. The predicted octanol–water partition coefficient (Wildman–Crippen LogP) is 3.19. The molecule has 0 radical (unpaired) electrons. The van der Waals surface area contributed by atoms with Crippen molar-refractivity contribution in [2.24, 2.45) is 0 Å². The number of benzene rings is 2. The molecule has 2 aliphatic heterocycles. The third-order valence-corrected chi connectivity index (χ3v) is 5.35. The Morgan fingerprint density at radius 3 is 2.44 bits per heavy atom. The van der Waals surface area contributed by atoms with Gasteiger partial charge in [0.05, 0.1) is 6.54 Å². The molecule has 0 unspecified atom stereocenters. The largest absolute Gasteiger partial charge is 0.485 e. The lowest BCUT2D eigenvalue weighted by Gasteiger charge is -2.41. The number of carbonyl (C=O) groups is 1. The lowest BCUT2D eigenvalue weighted by molar-refractivity contribution is -0.0103. The van der Waals surface area contributed by atoms with Gasteiger partial charge in [0, 0.05) is 43.6 Å². The highest BCUT2D eigenvalue weighted by molar-refractivity contribution is 5.94. The molecule has 2 aromatic carbocycles. The van der Waals surface area contributed by atoms with E-state index >= 15 is 0 Å². The van der Waals surface area contributed by atoms with Gasteiger partial charge in [-0.2, -0.15) is 0 Å². The first kappa shape index (κ1) is 16.2. The minimum Gasteiger partial charge on any atom is -0.485 e. The molecule has 4 heteroatoms. The van der Waals surface area contributed by atoms with Crippen molar-refractivity contribution >= 4 is 5.91 Å². The number of rotatable bonds is 1. The van der Waals surface area contributed by atoms with Gasteiger partial charge in [0.25, 0.3) is 5.91 Å². The Morgan fingerprint density at radius 1 is 1.00 bits per heavy atom. The number of hydrogen-bond donors (Lipinski definition) is 0. The van der Waals surface area contributed by atoms with Gasteiger partial charge in [-0.05, 0) is 25.2 Å². The van der Waals surface area contributed by atoms with E-state index in [0.29, 0.717) is 13.1 Å². The van der Waals surface area contributed by atoms with E-state index in [-0.39, 0.29) is 11.5 Å². The summed E-state index contributed by atoms with van der Waals surface area (Å²) in [7, 11) is 2.14. The van der Waals surface area contributed by atoms with Crippen LogP contribution in [-0.2, 0) is 6.54 Å². The second kappa shape index (κ2) is 6.52. The van der Waals surface area contributed by atoms with Crippen molar-refractivity contribution in [3.8, 4) is 5.75 Å². The fourth-order valence-electron chi connectivity index (χ4n) is 3.80. The number of nitrogens with zero attached hydrogens (tertiary/aromatic N) is 2. The highest BCUT2D eigenvalue weighted by atomic mass is 16.5. The van der Waals surface area contributed by atoms with E-state index in [1.54, 1.807) is 0 Å². The third-order valence-electron chi connectivity index (χ3n) is 5.35. The average Bonchev–Trinajstić information content (AvgIpc) is 2.81. The van der Waals surface area contributed by atoms with Gasteiger partial charge >= 0.3 is 0 Å². The van der Waals surface area contributed by atoms with Crippen LogP contribution in [-0.4, -0.2) is 48.0 Å². The molecular weight excluding hydrogens is 312 g/mol. The van der Waals surface area contributed by atoms with Crippen LogP contribution in [0.1, 0.15) is 28.8 Å². The summed E-state index contributed by atoms with van der Waals surface area (Å²) in [5, 5.41) is 0. The van der Waals surface area contributed by atoms with Gasteiger partial charge in [0.2, 0.25) is 0 Å². The van der Waals surface area contributed by atoms with Crippen LogP contribution < -0.4 is 4.74 Å². The van der Waals surface area contributed by atoms with Crippen molar-refractivity contribution in [3.63, 3.8) is 0 Å². The second-order valence-corrected chi connectivity index (χ2v) is 7.22. The molecule has 2 aromatic rings. The normalized spacial score (nSPS) is 19.8. The van der Waals surface area contributed by atoms with E-state index in [1.807, 2.05) is 53.4 Å². The van der Waals surface area contributed by atoms with Gasteiger partial charge in [0.15, 0.2) is 0 Å². The Hall–Kier alpha value is -2.33. The first-order valence-electron chi connectivity index (χ1n) is 8.95. The number of hydrogen-bond acceptors (Lipinski definition) is 3. The first-order valence-corrected chi connectivity index (χ1v) is 8.95. The van der Waals surface area contributed by atoms with Crippen LogP contribution in [0.15, 0.2) is 54.6 Å². The number of carbonyl (C=O) groups excluding carboxylic acids is 1. The summed E-state index contributed by atoms with van der Waals surface area (Å²) in [4.78, 5) is 17.4. The minimum absolute atomic E-state index is 0.0826. The van der Waals surface area contributed by atoms with Crippen molar-refractivity contribution in [2.75, 3.05) is 26.7 Å². The number of para-hydroxylation sites is 1. The Balaban J connectivity index is 1.68. The summed E-state index contributed by atoms with van der Waals surface area (Å²) in [6.45, 7) is 3.23. The molecule has 1 amide bonds. The Morgan fingerprint density at radius 2 is 1.68 bits per heavy atom. The summed E-state index contributed by atoms with van der Waals surface area (Å²) in [5.74, 6) is 1.01. The summed E-state index contributed by atoms with van der Waals surface area (Å²) < 4.78 is 6.53. The topological polar surface area (TPSA) is 32.8 Å². The summed E-state index contributed by atoms with van der Waals surface area (Å²) in [6.07, 6.45) is 1.88. The molecule has 25 heavy (non-hydrogen) atoms. The number of fused-ring (bicyclic) bond motifs is 1. The van der Waals surface area contributed by atoms with Crippen LogP contribution in [0.4, 0.5) is 0 Å². The lowest BCUT2D eigenvalue weighted by Crippen LogP contribution is -2.53. The van der Waals surface area contributed by atoms with Crippen LogP contribution in [0.2, 0.25) is 0 Å². The van der Waals surface area contributed by atoms with Crippen molar-refractivity contribution in [1.29, 1.82) is 0 Å². The molecule has 0 aliphatic carbocycles. The molecule has 0 N–H and O–H groups in total. The summed E-state index contributed by atoms with van der Waals surface area (Å²) in [5.41, 5.74) is 1.54. The minimum atomic E-state index is -0.288. The summed E-state index contributed by atoms with van der Waals surface area (Å²) >= 11 is 0. The van der Waals surface area contributed by atoms with Crippen molar-refractivity contribution in [1.82, 2.24) is 9.80 Å². The second-order valence-electron chi connectivity index (χ2n) is 7.22. The number of ether oxygens (including phenoxy) is 1. The quantitative estimate of drug-likeness (QED) is 0.802. The van der Waals surface area contributed by atoms with E-state index in [4.69, 9.17) is 4.74 Å². The molecule has 0 bridgehead atoms. The standard InChI is InChI=1S/C21H24N2O2/c1-22-13-11-21(12-14-22)16-23(20(24)17-7-3-2-4-8-17)15-18-9-5-6-10-19(18)25-21/h2-10H,11-16H2,1H3. The molecule has 2 aliphatic rings. The van der Waals surface area contributed by atoms with E-state index in [0.717, 1.165) is 42.8 Å². The van der Waals surface area contributed by atoms with Crippen LogP contribution in [0.25, 0.3) is 0 Å². The molecule has 4 nitrogen and oxygen atoms in total. The molecule has 1 spiro atoms. The Kier molecular flexibility index (Phi) is 4.22. The smallest absolute Gasteiger partial charge is 0.254 e. The molecule has 4 rings (SSSR count). The first-order chi connectivity index (χ1) is 12.2. The molecule has 1 fully saturated rings. The van der Waals surface area contributed by atoms with Crippen molar-refractivity contribution in [2.45, 2.75) is 25.0 Å². The maximum atomic E-state index is 13.1. The van der Waals surface area contributed by atoms with Gasteiger partial charge in [-0.25, -0.2) is 0 Å². The van der Waals surface area contributed by atoms with Crippen molar-refractivity contribution < 1.29 is 9.53 Å². The zero-order valence-corrected chi connectivity index (χ0v) is 14.6. The third kappa shape index (κ3) is 3.27. The Bertz CT molecular complexity index is 752. The molecule has 0 saturated carbocycles.